The number of carbonyl (C=O) groups excluding carboxylic acids is 1. The van der Waals surface area contributed by atoms with Crippen LogP contribution in [0.2, 0.25) is 0 Å². The Labute approximate surface area is 103 Å². The van der Waals surface area contributed by atoms with Crippen LogP contribution in [0.5, 0.6) is 0 Å². The van der Waals surface area contributed by atoms with Gasteiger partial charge in [-0.15, -0.1) is 0 Å². The van der Waals surface area contributed by atoms with Gasteiger partial charge in [-0.1, -0.05) is 6.42 Å². The topological polar surface area (TPSA) is 58.6 Å². The number of hydrogen-bond donors (Lipinski definition) is 2. The Hall–Kier alpha value is -0.610. The van der Waals surface area contributed by atoms with E-state index in [0.29, 0.717) is 25.7 Å². The second-order valence-electron chi connectivity index (χ2n) is 5.26. The van der Waals surface area contributed by atoms with Gasteiger partial charge in [0, 0.05) is 19.1 Å². The van der Waals surface area contributed by atoms with Crippen molar-refractivity contribution < 1.29 is 14.6 Å². The molecule has 17 heavy (non-hydrogen) atoms. The van der Waals surface area contributed by atoms with Gasteiger partial charge < -0.3 is 15.2 Å². The van der Waals surface area contributed by atoms with Gasteiger partial charge in [-0.2, -0.15) is 0 Å². The van der Waals surface area contributed by atoms with Gasteiger partial charge in [0.1, 0.15) is 0 Å². The minimum absolute atomic E-state index is 0.0670. The summed E-state index contributed by atoms with van der Waals surface area (Å²) in [4.78, 5) is 11.9. The highest BCUT2D eigenvalue weighted by Gasteiger charge is 2.42. The van der Waals surface area contributed by atoms with Gasteiger partial charge in [-0.25, -0.2) is 0 Å². The van der Waals surface area contributed by atoms with Gasteiger partial charge in [0.15, 0.2) is 0 Å². The molecule has 2 rings (SSSR count). The van der Waals surface area contributed by atoms with E-state index in [1.54, 1.807) is 0 Å². The second kappa shape index (κ2) is 6.36. The van der Waals surface area contributed by atoms with Crippen LogP contribution in [0.15, 0.2) is 0 Å². The molecule has 4 heteroatoms. The maximum Gasteiger partial charge on any atom is 0.223 e. The highest BCUT2D eigenvalue weighted by molar-refractivity contribution is 5.79. The zero-order valence-electron chi connectivity index (χ0n) is 10.4. The smallest absolute Gasteiger partial charge is 0.223 e. The minimum atomic E-state index is 0.0670. The normalized spacial score (nSPS) is 30.8. The molecule has 1 amide bonds. The van der Waals surface area contributed by atoms with Gasteiger partial charge in [0.25, 0.3) is 0 Å². The minimum Gasteiger partial charge on any atom is -0.394 e. The number of hydrogen-bond acceptors (Lipinski definition) is 3. The Balaban J connectivity index is 1.55. The molecular formula is C13H23NO3. The molecule has 2 fully saturated rings. The van der Waals surface area contributed by atoms with E-state index in [1.165, 1.54) is 19.3 Å². The van der Waals surface area contributed by atoms with Crippen molar-refractivity contribution in [1.29, 1.82) is 0 Å². The third-order valence-electron chi connectivity index (χ3n) is 4.08. The van der Waals surface area contributed by atoms with Crippen LogP contribution in [0.25, 0.3) is 0 Å². The molecule has 0 aromatic heterocycles. The van der Waals surface area contributed by atoms with Crippen LogP contribution < -0.4 is 5.32 Å². The van der Waals surface area contributed by atoms with Crippen molar-refractivity contribution in [2.45, 2.75) is 32.1 Å². The Morgan fingerprint density at radius 2 is 2.18 bits per heavy atom. The van der Waals surface area contributed by atoms with E-state index in [4.69, 9.17) is 9.84 Å². The standard InChI is InChI=1S/C13H23NO3/c15-5-7-17-6-1-4-14-13(16)12-9-10-2-3-11(12)8-10/h10-12,15H,1-9H2,(H,14,16). The van der Waals surface area contributed by atoms with E-state index in [9.17, 15) is 4.79 Å². The van der Waals surface area contributed by atoms with Crippen LogP contribution in [0, 0.1) is 17.8 Å². The summed E-state index contributed by atoms with van der Waals surface area (Å²) < 4.78 is 5.14. The molecule has 0 spiro atoms. The summed E-state index contributed by atoms with van der Waals surface area (Å²) in [5.41, 5.74) is 0. The largest absolute Gasteiger partial charge is 0.394 e. The predicted molar refractivity (Wildman–Crippen MR) is 64.5 cm³/mol. The number of fused-ring (bicyclic) bond motifs is 2. The molecule has 2 saturated carbocycles. The first-order chi connectivity index (χ1) is 8.31. The summed E-state index contributed by atoms with van der Waals surface area (Å²) in [6.07, 6.45) is 5.80. The molecule has 3 atom stereocenters. The molecule has 0 radical (unpaired) electrons. The van der Waals surface area contributed by atoms with Crippen molar-refractivity contribution in [3.8, 4) is 0 Å². The first-order valence-corrected chi connectivity index (χ1v) is 6.77. The number of ether oxygens (including phenoxy) is 1. The van der Waals surface area contributed by atoms with Gasteiger partial charge in [-0.3, -0.25) is 4.79 Å². The monoisotopic (exact) mass is 241 g/mol. The average Bonchev–Trinajstić information content (AvgIpc) is 2.95. The van der Waals surface area contributed by atoms with Crippen molar-refractivity contribution in [3.05, 3.63) is 0 Å². The van der Waals surface area contributed by atoms with Crippen molar-refractivity contribution in [1.82, 2.24) is 5.32 Å². The summed E-state index contributed by atoms with van der Waals surface area (Å²) in [6, 6.07) is 0. The molecule has 0 saturated heterocycles. The average molecular weight is 241 g/mol. The molecule has 3 unspecified atom stereocenters. The summed E-state index contributed by atoms with van der Waals surface area (Å²) >= 11 is 0. The molecule has 0 aromatic rings. The lowest BCUT2D eigenvalue weighted by Gasteiger charge is -2.20. The van der Waals surface area contributed by atoms with Crippen LogP contribution in [-0.4, -0.2) is 37.4 Å². The zero-order valence-corrected chi connectivity index (χ0v) is 10.4. The van der Waals surface area contributed by atoms with E-state index in [-0.39, 0.29) is 18.4 Å². The SMILES string of the molecule is O=C(NCCCOCCO)C1CC2CCC1C2. The number of carbonyl (C=O) groups is 1. The van der Waals surface area contributed by atoms with Gasteiger partial charge >= 0.3 is 0 Å². The van der Waals surface area contributed by atoms with Gasteiger partial charge in [0.2, 0.25) is 5.91 Å². The van der Waals surface area contributed by atoms with E-state index in [1.807, 2.05) is 0 Å². The number of aliphatic hydroxyl groups excluding tert-OH is 1. The van der Waals surface area contributed by atoms with Gasteiger partial charge in [0.05, 0.1) is 13.2 Å². The Morgan fingerprint density at radius 3 is 2.82 bits per heavy atom. The maximum atomic E-state index is 11.9. The maximum absolute atomic E-state index is 11.9. The predicted octanol–water partition coefficient (Wildman–Crippen LogP) is 0.938. The molecule has 2 bridgehead atoms. The molecule has 0 aliphatic heterocycles. The molecule has 2 aliphatic rings. The number of rotatable bonds is 7. The number of aliphatic hydroxyl groups is 1. The lowest BCUT2D eigenvalue weighted by Crippen LogP contribution is -2.34. The van der Waals surface area contributed by atoms with E-state index < -0.39 is 0 Å². The summed E-state index contributed by atoms with van der Waals surface area (Å²) in [5.74, 6) is 2.01. The van der Waals surface area contributed by atoms with E-state index in [2.05, 4.69) is 5.32 Å². The fourth-order valence-corrected chi connectivity index (χ4v) is 3.25. The van der Waals surface area contributed by atoms with Crippen LogP contribution in [-0.2, 0) is 9.53 Å². The zero-order chi connectivity index (χ0) is 12.1. The summed E-state index contributed by atoms with van der Waals surface area (Å²) in [6.45, 7) is 1.76. The number of amides is 1. The van der Waals surface area contributed by atoms with Crippen LogP contribution >= 0.6 is 0 Å². The molecule has 98 valence electrons. The molecule has 4 nitrogen and oxygen atoms in total. The Kier molecular flexibility index (Phi) is 4.80. The number of nitrogens with one attached hydrogen (secondary N) is 1. The molecule has 0 aromatic carbocycles. The van der Waals surface area contributed by atoms with Crippen molar-refractivity contribution in [2.75, 3.05) is 26.4 Å². The lowest BCUT2D eigenvalue weighted by molar-refractivity contribution is -0.126. The van der Waals surface area contributed by atoms with Crippen molar-refractivity contribution >= 4 is 5.91 Å². The first kappa shape index (κ1) is 12.8. The highest BCUT2D eigenvalue weighted by Crippen LogP contribution is 2.48. The second-order valence-corrected chi connectivity index (χ2v) is 5.26. The van der Waals surface area contributed by atoms with E-state index >= 15 is 0 Å². The van der Waals surface area contributed by atoms with Gasteiger partial charge in [-0.05, 0) is 37.5 Å². The van der Waals surface area contributed by atoms with Crippen molar-refractivity contribution in [3.63, 3.8) is 0 Å². The van der Waals surface area contributed by atoms with E-state index in [0.717, 1.165) is 18.8 Å². The van der Waals surface area contributed by atoms with Crippen LogP contribution in [0.3, 0.4) is 0 Å². The van der Waals surface area contributed by atoms with Crippen molar-refractivity contribution in [2.24, 2.45) is 17.8 Å². The van der Waals surface area contributed by atoms with Crippen LogP contribution in [0.1, 0.15) is 32.1 Å². The third-order valence-corrected chi connectivity index (χ3v) is 4.08. The fourth-order valence-electron chi connectivity index (χ4n) is 3.25. The molecule has 2 N–H and O–H groups in total. The molecular weight excluding hydrogens is 218 g/mol. The molecule has 0 heterocycles. The quantitative estimate of drug-likeness (QED) is 0.652. The highest BCUT2D eigenvalue weighted by atomic mass is 16.5. The fraction of sp³-hybridized carbons (Fsp3) is 0.923. The molecule has 2 aliphatic carbocycles. The van der Waals surface area contributed by atoms with Crippen LogP contribution in [0.4, 0.5) is 0 Å². The Bertz CT molecular complexity index is 257. The third kappa shape index (κ3) is 3.42. The lowest BCUT2D eigenvalue weighted by atomic mass is 9.88. The summed E-state index contributed by atoms with van der Waals surface area (Å²) in [5, 5.41) is 11.5. The first-order valence-electron chi connectivity index (χ1n) is 6.77. The summed E-state index contributed by atoms with van der Waals surface area (Å²) in [7, 11) is 0. The Morgan fingerprint density at radius 1 is 1.29 bits per heavy atom.